The Morgan fingerprint density at radius 3 is 2.50 bits per heavy atom. The number of halogens is 1. The fourth-order valence-corrected chi connectivity index (χ4v) is 1.71. The molecular weight excluding hydrogens is 298 g/mol. The van der Waals surface area contributed by atoms with Gasteiger partial charge in [0.05, 0.1) is 10.0 Å². The van der Waals surface area contributed by atoms with Crippen molar-refractivity contribution in [3.05, 3.63) is 46.7 Å². The maximum absolute atomic E-state index is 12.0. The number of nitrogens with two attached hydrogens (primary N) is 1. The van der Waals surface area contributed by atoms with E-state index in [1.54, 1.807) is 36.7 Å². The summed E-state index contributed by atoms with van der Waals surface area (Å²) in [5.74, 6) is 5.70. The second-order valence-corrected chi connectivity index (χ2v) is 4.19. The lowest BCUT2D eigenvalue weighted by molar-refractivity contribution is 0.102. The minimum atomic E-state index is -0.338. The van der Waals surface area contributed by atoms with Crippen LogP contribution in [-0.2, 0) is 0 Å². The highest BCUT2D eigenvalue weighted by Crippen LogP contribution is 2.20. The van der Waals surface area contributed by atoms with Gasteiger partial charge in [0.25, 0.3) is 5.91 Å². The Morgan fingerprint density at radius 2 is 1.83 bits per heavy atom. The molecular formula is C11H10BrN5O. The van der Waals surface area contributed by atoms with Crippen LogP contribution in [-0.4, -0.2) is 15.9 Å². The summed E-state index contributed by atoms with van der Waals surface area (Å²) in [5.41, 5.74) is 2.72. The number of anilines is 2. The zero-order valence-corrected chi connectivity index (χ0v) is 10.8. The van der Waals surface area contributed by atoms with E-state index in [1.165, 1.54) is 0 Å². The number of hydrogen-bond acceptors (Lipinski definition) is 5. The molecule has 0 bridgehead atoms. The van der Waals surface area contributed by atoms with Crippen LogP contribution >= 0.6 is 15.9 Å². The Balaban J connectivity index is 2.25. The number of nitrogens with zero attached hydrogens (tertiary/aromatic N) is 2. The molecule has 2 aromatic rings. The summed E-state index contributed by atoms with van der Waals surface area (Å²) in [6.07, 6.45) is 3.13. The Morgan fingerprint density at radius 1 is 1.17 bits per heavy atom. The Labute approximate surface area is 112 Å². The molecule has 0 saturated carbocycles. The molecule has 2 rings (SSSR count). The monoisotopic (exact) mass is 307 g/mol. The highest BCUT2D eigenvalue weighted by molar-refractivity contribution is 9.10. The van der Waals surface area contributed by atoms with Gasteiger partial charge in [-0.2, -0.15) is 0 Å². The van der Waals surface area contributed by atoms with Crippen molar-refractivity contribution in [2.75, 3.05) is 10.7 Å². The van der Waals surface area contributed by atoms with Gasteiger partial charge < -0.3 is 10.7 Å². The first-order valence-electron chi connectivity index (χ1n) is 5.06. The van der Waals surface area contributed by atoms with Crippen molar-refractivity contribution in [1.29, 1.82) is 0 Å². The van der Waals surface area contributed by atoms with Crippen molar-refractivity contribution in [2.45, 2.75) is 0 Å². The molecule has 0 aliphatic heterocycles. The average molecular weight is 308 g/mol. The zero-order chi connectivity index (χ0) is 13.0. The second kappa shape index (κ2) is 5.56. The smallest absolute Gasteiger partial charge is 0.260 e. The predicted molar refractivity (Wildman–Crippen MR) is 71.9 cm³/mol. The molecule has 2 heterocycles. The number of amides is 1. The second-order valence-electron chi connectivity index (χ2n) is 3.33. The molecule has 0 aliphatic carbocycles. The molecule has 0 fully saturated rings. The summed E-state index contributed by atoms with van der Waals surface area (Å²) in [4.78, 5) is 20.0. The van der Waals surface area contributed by atoms with Crippen molar-refractivity contribution in [3.8, 4) is 0 Å². The van der Waals surface area contributed by atoms with E-state index in [2.05, 4.69) is 36.6 Å². The minimum absolute atomic E-state index is 0.307. The molecule has 7 heteroatoms. The maximum Gasteiger partial charge on any atom is 0.260 e. The number of rotatable bonds is 3. The van der Waals surface area contributed by atoms with Gasteiger partial charge in [0, 0.05) is 12.4 Å². The van der Waals surface area contributed by atoms with Crippen LogP contribution in [0.3, 0.4) is 0 Å². The first-order valence-corrected chi connectivity index (χ1v) is 5.85. The van der Waals surface area contributed by atoms with Crippen molar-refractivity contribution >= 4 is 33.5 Å². The highest BCUT2D eigenvalue weighted by Gasteiger charge is 2.13. The summed E-state index contributed by atoms with van der Waals surface area (Å²) in [6.45, 7) is 0. The van der Waals surface area contributed by atoms with Crippen LogP contribution in [0.1, 0.15) is 10.4 Å². The molecule has 2 aromatic heterocycles. The number of aromatic nitrogens is 2. The fraction of sp³-hybridized carbons (Fsp3) is 0. The summed E-state index contributed by atoms with van der Waals surface area (Å²) in [6, 6.07) is 6.82. The molecule has 4 N–H and O–H groups in total. The number of pyridine rings is 2. The van der Waals surface area contributed by atoms with E-state index >= 15 is 0 Å². The Kier molecular flexibility index (Phi) is 3.85. The van der Waals surface area contributed by atoms with Crippen molar-refractivity contribution < 1.29 is 4.79 Å². The lowest BCUT2D eigenvalue weighted by Crippen LogP contribution is -2.18. The standard InChI is InChI=1S/C11H10BrN5O/c12-8-4-2-6-15-10(8)16-11(18)7-3-1-5-14-9(7)17-13/h1-6H,13H2,(H,14,17)(H,15,16,18). The van der Waals surface area contributed by atoms with E-state index in [9.17, 15) is 4.79 Å². The van der Waals surface area contributed by atoms with Crippen LogP contribution in [0.25, 0.3) is 0 Å². The minimum Gasteiger partial charge on any atom is -0.308 e. The van der Waals surface area contributed by atoms with E-state index in [4.69, 9.17) is 5.84 Å². The maximum atomic E-state index is 12.0. The van der Waals surface area contributed by atoms with E-state index < -0.39 is 0 Å². The molecule has 0 saturated heterocycles. The van der Waals surface area contributed by atoms with Crippen LogP contribution in [0.4, 0.5) is 11.6 Å². The van der Waals surface area contributed by atoms with Crippen LogP contribution in [0.15, 0.2) is 41.1 Å². The van der Waals surface area contributed by atoms with Crippen LogP contribution in [0.5, 0.6) is 0 Å². The van der Waals surface area contributed by atoms with E-state index in [0.29, 0.717) is 21.7 Å². The highest BCUT2D eigenvalue weighted by atomic mass is 79.9. The molecule has 0 aromatic carbocycles. The Bertz CT molecular complexity index is 575. The summed E-state index contributed by atoms with van der Waals surface area (Å²) >= 11 is 3.30. The normalized spacial score (nSPS) is 9.89. The molecule has 6 nitrogen and oxygen atoms in total. The Hall–Kier alpha value is -1.99. The quantitative estimate of drug-likeness (QED) is 0.593. The number of nitrogens with one attached hydrogen (secondary N) is 2. The summed E-state index contributed by atoms with van der Waals surface area (Å²) in [5, 5.41) is 2.67. The van der Waals surface area contributed by atoms with Gasteiger partial charge in [0.15, 0.2) is 5.82 Å². The van der Waals surface area contributed by atoms with Gasteiger partial charge in [-0.15, -0.1) is 0 Å². The van der Waals surface area contributed by atoms with Gasteiger partial charge in [-0.05, 0) is 40.2 Å². The van der Waals surface area contributed by atoms with Crippen LogP contribution in [0.2, 0.25) is 0 Å². The first kappa shape index (κ1) is 12.5. The van der Waals surface area contributed by atoms with Gasteiger partial charge in [-0.1, -0.05) is 0 Å². The van der Waals surface area contributed by atoms with Gasteiger partial charge in [-0.3, -0.25) is 4.79 Å². The molecule has 0 radical (unpaired) electrons. The molecule has 0 unspecified atom stereocenters. The molecule has 0 spiro atoms. The third-order valence-corrected chi connectivity index (χ3v) is 2.82. The fourth-order valence-electron chi connectivity index (χ4n) is 1.36. The lowest BCUT2D eigenvalue weighted by atomic mass is 10.2. The van der Waals surface area contributed by atoms with Gasteiger partial charge in [0.2, 0.25) is 0 Å². The van der Waals surface area contributed by atoms with Crippen molar-refractivity contribution in [2.24, 2.45) is 5.84 Å². The van der Waals surface area contributed by atoms with E-state index in [1.807, 2.05) is 0 Å². The number of hydrogen-bond donors (Lipinski definition) is 3. The number of carbonyl (C=O) groups excluding carboxylic acids is 1. The van der Waals surface area contributed by atoms with Gasteiger partial charge in [0.1, 0.15) is 5.82 Å². The average Bonchev–Trinajstić information content (AvgIpc) is 2.41. The third-order valence-electron chi connectivity index (χ3n) is 2.18. The van der Waals surface area contributed by atoms with Crippen molar-refractivity contribution in [3.63, 3.8) is 0 Å². The van der Waals surface area contributed by atoms with Gasteiger partial charge >= 0.3 is 0 Å². The lowest BCUT2D eigenvalue weighted by Gasteiger charge is -2.08. The largest absolute Gasteiger partial charge is 0.308 e. The number of carbonyl (C=O) groups is 1. The van der Waals surface area contributed by atoms with Crippen molar-refractivity contribution in [1.82, 2.24) is 9.97 Å². The van der Waals surface area contributed by atoms with Gasteiger partial charge in [-0.25, -0.2) is 15.8 Å². The molecule has 92 valence electrons. The topological polar surface area (TPSA) is 92.9 Å². The molecule has 0 aliphatic rings. The summed E-state index contributed by atoms with van der Waals surface area (Å²) in [7, 11) is 0. The molecule has 18 heavy (non-hydrogen) atoms. The van der Waals surface area contributed by atoms with E-state index in [-0.39, 0.29) is 5.91 Å². The molecule has 1 amide bonds. The zero-order valence-electron chi connectivity index (χ0n) is 9.22. The van der Waals surface area contributed by atoms with E-state index in [0.717, 1.165) is 0 Å². The number of hydrazine groups is 1. The third kappa shape index (κ3) is 2.63. The van der Waals surface area contributed by atoms with Crippen LogP contribution in [0, 0.1) is 0 Å². The SMILES string of the molecule is NNc1ncccc1C(=O)Nc1ncccc1Br. The first-order chi connectivity index (χ1) is 8.72. The predicted octanol–water partition coefficient (Wildman–Crippen LogP) is 1.78. The molecule has 0 atom stereocenters. The number of nitrogen functional groups attached to an aromatic ring is 1. The summed E-state index contributed by atoms with van der Waals surface area (Å²) < 4.78 is 0.699. The van der Waals surface area contributed by atoms with Crippen LogP contribution < -0.4 is 16.6 Å².